The normalized spacial score (nSPS) is 16.3. The summed E-state index contributed by atoms with van der Waals surface area (Å²) in [5.41, 5.74) is 9.22. The van der Waals surface area contributed by atoms with Gasteiger partial charge in [0.25, 0.3) is 0 Å². The highest BCUT2D eigenvalue weighted by Crippen LogP contribution is 2.36. The number of benzene rings is 2. The van der Waals surface area contributed by atoms with Crippen molar-refractivity contribution >= 4 is 47.2 Å². The number of aliphatic imine (C=N–C) groups is 1. The first-order valence-corrected chi connectivity index (χ1v) is 9.48. The van der Waals surface area contributed by atoms with Gasteiger partial charge in [-0.15, -0.1) is 24.0 Å². The number of hydrogen-bond donors (Lipinski definition) is 2. The van der Waals surface area contributed by atoms with E-state index in [1.165, 1.54) is 5.56 Å². The second-order valence-electron chi connectivity index (χ2n) is 6.82. The number of anilines is 1. The fourth-order valence-electron chi connectivity index (χ4n) is 3.46. The topological polar surface area (TPSA) is 68.9 Å². The van der Waals surface area contributed by atoms with Crippen molar-refractivity contribution in [1.29, 1.82) is 0 Å². The molecule has 1 aliphatic rings. The van der Waals surface area contributed by atoms with E-state index in [0.29, 0.717) is 32.3 Å². The monoisotopic (exact) mass is 515 g/mol. The van der Waals surface area contributed by atoms with Gasteiger partial charge in [0, 0.05) is 42.0 Å². The molecule has 0 amide bonds. The molecule has 2 aromatic carbocycles. The fourth-order valence-corrected chi connectivity index (χ4v) is 3.65. The van der Waals surface area contributed by atoms with Gasteiger partial charge in [0.15, 0.2) is 5.96 Å². The Kier molecular flexibility index (Phi) is 9.01. The fraction of sp³-hybridized carbons (Fsp3) is 0.381. The van der Waals surface area contributed by atoms with Crippen molar-refractivity contribution in [3.63, 3.8) is 0 Å². The standard InChI is InChI=1S/C21H26ClN3O2.HI/c1-26-14-16-5-2-3-8-19(16)25-20(23)24-15-21(9-11-27-12-10-21)17-6-4-7-18(22)13-17;/h2-8,13H,9-12,14-15H2,1H3,(H3,23,24,25);1H. The number of halogens is 2. The Morgan fingerprint density at radius 2 is 1.96 bits per heavy atom. The van der Waals surface area contributed by atoms with Crippen LogP contribution in [-0.4, -0.2) is 32.8 Å². The van der Waals surface area contributed by atoms with Crippen LogP contribution in [0, 0.1) is 0 Å². The average molecular weight is 516 g/mol. The van der Waals surface area contributed by atoms with Crippen LogP contribution in [0.25, 0.3) is 0 Å². The maximum atomic E-state index is 6.23. The summed E-state index contributed by atoms with van der Waals surface area (Å²) in [6.45, 7) is 2.53. The molecule has 2 aromatic rings. The zero-order valence-corrected chi connectivity index (χ0v) is 19.1. The number of guanidine groups is 1. The van der Waals surface area contributed by atoms with Gasteiger partial charge in [0.05, 0.1) is 13.2 Å². The number of nitrogens with one attached hydrogen (secondary N) is 1. The number of methoxy groups -OCH3 is 1. The van der Waals surface area contributed by atoms with Crippen molar-refractivity contribution in [3.05, 3.63) is 64.7 Å². The van der Waals surface area contributed by atoms with E-state index in [-0.39, 0.29) is 29.4 Å². The Morgan fingerprint density at radius 1 is 1.21 bits per heavy atom. The van der Waals surface area contributed by atoms with E-state index in [9.17, 15) is 0 Å². The van der Waals surface area contributed by atoms with Gasteiger partial charge >= 0.3 is 0 Å². The minimum atomic E-state index is -0.110. The van der Waals surface area contributed by atoms with E-state index in [2.05, 4.69) is 16.4 Å². The van der Waals surface area contributed by atoms with Gasteiger partial charge < -0.3 is 20.5 Å². The van der Waals surface area contributed by atoms with Crippen LogP contribution in [0.15, 0.2) is 53.5 Å². The highest BCUT2D eigenvalue weighted by atomic mass is 127. The Bertz CT molecular complexity index is 795. The van der Waals surface area contributed by atoms with Crippen LogP contribution in [0.5, 0.6) is 0 Å². The Morgan fingerprint density at radius 3 is 2.68 bits per heavy atom. The summed E-state index contributed by atoms with van der Waals surface area (Å²) < 4.78 is 10.8. The average Bonchev–Trinajstić information content (AvgIpc) is 2.69. The van der Waals surface area contributed by atoms with Gasteiger partial charge in [-0.25, -0.2) is 0 Å². The molecule has 3 N–H and O–H groups in total. The van der Waals surface area contributed by atoms with Gasteiger partial charge in [-0.1, -0.05) is 41.9 Å². The molecule has 0 bridgehead atoms. The van der Waals surface area contributed by atoms with Crippen LogP contribution in [-0.2, 0) is 21.5 Å². The Labute approximate surface area is 188 Å². The first kappa shape index (κ1) is 22.9. The molecular weight excluding hydrogens is 489 g/mol. The second kappa shape index (κ2) is 11.0. The van der Waals surface area contributed by atoms with Crippen LogP contribution in [0.4, 0.5) is 5.69 Å². The maximum absolute atomic E-state index is 6.23. The van der Waals surface area contributed by atoms with Crippen molar-refractivity contribution < 1.29 is 9.47 Å². The summed E-state index contributed by atoms with van der Waals surface area (Å²) >= 11 is 6.23. The molecule has 0 aliphatic carbocycles. The molecule has 0 atom stereocenters. The third-order valence-electron chi connectivity index (χ3n) is 5.02. The summed E-state index contributed by atoms with van der Waals surface area (Å²) in [5, 5.41) is 3.94. The van der Waals surface area contributed by atoms with E-state index in [1.54, 1.807) is 7.11 Å². The lowest BCUT2D eigenvalue weighted by Gasteiger charge is -2.36. The van der Waals surface area contributed by atoms with Crippen molar-refractivity contribution in [2.24, 2.45) is 10.7 Å². The van der Waals surface area contributed by atoms with E-state index < -0.39 is 0 Å². The molecule has 1 heterocycles. The SMILES string of the molecule is COCc1ccccc1NC(N)=NCC1(c2cccc(Cl)c2)CCOCC1.I. The second-order valence-corrected chi connectivity index (χ2v) is 7.26. The number of nitrogens with zero attached hydrogens (tertiary/aromatic N) is 1. The molecule has 1 aliphatic heterocycles. The predicted octanol–water partition coefficient (Wildman–Crippen LogP) is 4.58. The van der Waals surface area contributed by atoms with Crippen LogP contribution in [0.1, 0.15) is 24.0 Å². The molecule has 7 heteroatoms. The van der Waals surface area contributed by atoms with Crippen LogP contribution in [0.3, 0.4) is 0 Å². The van der Waals surface area contributed by atoms with Gasteiger partial charge in [0.2, 0.25) is 0 Å². The largest absolute Gasteiger partial charge is 0.381 e. The number of para-hydroxylation sites is 1. The van der Waals surface area contributed by atoms with E-state index in [0.717, 1.165) is 29.1 Å². The van der Waals surface area contributed by atoms with Gasteiger partial charge in [-0.3, -0.25) is 4.99 Å². The summed E-state index contributed by atoms with van der Waals surface area (Å²) in [5.74, 6) is 0.395. The molecule has 0 saturated carbocycles. The van der Waals surface area contributed by atoms with Crippen LogP contribution in [0.2, 0.25) is 5.02 Å². The van der Waals surface area contributed by atoms with Crippen molar-refractivity contribution in [2.45, 2.75) is 24.9 Å². The molecule has 0 spiro atoms. The molecule has 1 fully saturated rings. The summed E-state index contributed by atoms with van der Waals surface area (Å²) in [6.07, 6.45) is 1.79. The molecule has 0 aromatic heterocycles. The third kappa shape index (κ3) is 5.83. The number of rotatable bonds is 6. The van der Waals surface area contributed by atoms with Crippen molar-refractivity contribution in [3.8, 4) is 0 Å². The first-order valence-electron chi connectivity index (χ1n) is 9.10. The highest BCUT2D eigenvalue weighted by molar-refractivity contribution is 14.0. The third-order valence-corrected chi connectivity index (χ3v) is 5.25. The van der Waals surface area contributed by atoms with Gasteiger partial charge in [-0.05, 0) is 36.6 Å². The predicted molar refractivity (Wildman–Crippen MR) is 126 cm³/mol. The van der Waals surface area contributed by atoms with Crippen LogP contribution < -0.4 is 11.1 Å². The van der Waals surface area contributed by atoms with E-state index >= 15 is 0 Å². The lowest BCUT2D eigenvalue weighted by Crippen LogP contribution is -2.38. The minimum Gasteiger partial charge on any atom is -0.381 e. The molecular formula is C21H27ClIN3O2. The highest BCUT2D eigenvalue weighted by Gasteiger charge is 2.34. The molecule has 5 nitrogen and oxygen atoms in total. The number of nitrogens with two attached hydrogens (primary N) is 1. The zero-order valence-electron chi connectivity index (χ0n) is 16.0. The van der Waals surface area contributed by atoms with Crippen molar-refractivity contribution in [1.82, 2.24) is 0 Å². The number of ether oxygens (including phenoxy) is 2. The lowest BCUT2D eigenvalue weighted by atomic mass is 9.74. The molecule has 152 valence electrons. The smallest absolute Gasteiger partial charge is 0.193 e. The van der Waals surface area contributed by atoms with Crippen molar-refractivity contribution in [2.75, 3.05) is 32.2 Å². The molecule has 0 unspecified atom stereocenters. The summed E-state index contributed by atoms with van der Waals surface area (Å²) in [6, 6.07) is 15.9. The summed E-state index contributed by atoms with van der Waals surface area (Å²) in [4.78, 5) is 4.67. The Hall–Kier alpha value is -1.35. The molecule has 28 heavy (non-hydrogen) atoms. The Balaban J connectivity index is 0.00000280. The molecule has 1 saturated heterocycles. The van der Waals surface area contributed by atoms with Gasteiger partial charge in [0.1, 0.15) is 0 Å². The van der Waals surface area contributed by atoms with E-state index in [4.69, 9.17) is 26.8 Å². The minimum absolute atomic E-state index is 0. The quantitative estimate of drug-likeness (QED) is 0.336. The van der Waals surface area contributed by atoms with E-state index in [1.807, 2.05) is 42.5 Å². The zero-order chi connectivity index (χ0) is 19.1. The van der Waals surface area contributed by atoms with Crippen LogP contribution >= 0.6 is 35.6 Å². The first-order chi connectivity index (χ1) is 13.1. The summed E-state index contributed by atoms with van der Waals surface area (Å²) in [7, 11) is 1.67. The van der Waals surface area contributed by atoms with Gasteiger partial charge in [-0.2, -0.15) is 0 Å². The lowest BCUT2D eigenvalue weighted by molar-refractivity contribution is 0.0531. The number of hydrogen-bond acceptors (Lipinski definition) is 3. The molecule has 0 radical (unpaired) electrons. The maximum Gasteiger partial charge on any atom is 0.193 e. The molecule has 3 rings (SSSR count).